The van der Waals surface area contributed by atoms with Crippen LogP contribution in [-0.2, 0) is 11.3 Å². The third-order valence-corrected chi connectivity index (χ3v) is 5.66. The molecule has 5 nitrogen and oxygen atoms in total. The first kappa shape index (κ1) is 17.0. The van der Waals surface area contributed by atoms with Crippen molar-refractivity contribution in [2.45, 2.75) is 37.8 Å². The SMILES string of the molecule is NC(=O)C[C@@H]1CN(C2CCN(Cc3ccccn3)CC2)c2ccccc21. The lowest BCUT2D eigenvalue weighted by Gasteiger charge is -2.38. The number of fused-ring (bicyclic) bond motifs is 1. The number of carbonyl (C=O) groups is 1. The average molecular weight is 350 g/mol. The molecule has 1 saturated heterocycles. The molecule has 136 valence electrons. The smallest absolute Gasteiger partial charge is 0.218 e. The van der Waals surface area contributed by atoms with E-state index in [4.69, 9.17) is 5.73 Å². The van der Waals surface area contributed by atoms with Crippen LogP contribution < -0.4 is 10.6 Å². The Labute approximate surface area is 154 Å². The van der Waals surface area contributed by atoms with Crippen molar-refractivity contribution in [2.75, 3.05) is 24.5 Å². The van der Waals surface area contributed by atoms with Gasteiger partial charge in [0.15, 0.2) is 0 Å². The number of para-hydroxylation sites is 1. The summed E-state index contributed by atoms with van der Waals surface area (Å²) in [5, 5.41) is 0. The number of nitrogens with two attached hydrogens (primary N) is 1. The molecule has 2 aliphatic rings. The fraction of sp³-hybridized carbons (Fsp3) is 0.429. The van der Waals surface area contributed by atoms with Crippen LogP contribution in [0.2, 0.25) is 0 Å². The lowest BCUT2D eigenvalue weighted by Crippen LogP contribution is -2.44. The van der Waals surface area contributed by atoms with E-state index < -0.39 is 0 Å². The van der Waals surface area contributed by atoms with Gasteiger partial charge in [0.1, 0.15) is 0 Å². The molecule has 2 N–H and O–H groups in total. The number of anilines is 1. The van der Waals surface area contributed by atoms with Crippen molar-refractivity contribution in [3.63, 3.8) is 0 Å². The van der Waals surface area contributed by atoms with Crippen molar-refractivity contribution in [1.82, 2.24) is 9.88 Å². The number of nitrogens with zero attached hydrogens (tertiary/aromatic N) is 3. The first-order valence-electron chi connectivity index (χ1n) is 9.47. The van der Waals surface area contributed by atoms with Gasteiger partial charge < -0.3 is 10.6 Å². The highest BCUT2D eigenvalue weighted by atomic mass is 16.1. The van der Waals surface area contributed by atoms with Gasteiger partial charge in [-0.1, -0.05) is 24.3 Å². The Bertz CT molecular complexity index is 756. The summed E-state index contributed by atoms with van der Waals surface area (Å²) in [6.45, 7) is 4.00. The number of pyridine rings is 1. The molecule has 0 radical (unpaired) electrons. The zero-order chi connectivity index (χ0) is 17.9. The normalized spacial score (nSPS) is 20.9. The Kier molecular flexibility index (Phi) is 4.89. The summed E-state index contributed by atoms with van der Waals surface area (Å²) in [6.07, 6.45) is 4.59. The molecule has 2 aliphatic heterocycles. The first-order chi connectivity index (χ1) is 12.7. The predicted molar refractivity (Wildman–Crippen MR) is 103 cm³/mol. The van der Waals surface area contributed by atoms with Gasteiger partial charge in [-0.3, -0.25) is 14.7 Å². The number of hydrogen-bond acceptors (Lipinski definition) is 4. The third kappa shape index (κ3) is 3.58. The number of carbonyl (C=O) groups excluding carboxylic acids is 1. The van der Waals surface area contributed by atoms with Gasteiger partial charge in [-0.05, 0) is 36.6 Å². The van der Waals surface area contributed by atoms with Crippen molar-refractivity contribution in [3.05, 3.63) is 59.9 Å². The van der Waals surface area contributed by atoms with E-state index in [9.17, 15) is 4.79 Å². The average Bonchev–Trinajstić information content (AvgIpc) is 3.01. The van der Waals surface area contributed by atoms with Gasteiger partial charge in [0, 0.05) is 56.4 Å². The molecule has 0 aliphatic carbocycles. The van der Waals surface area contributed by atoms with Crippen molar-refractivity contribution >= 4 is 11.6 Å². The van der Waals surface area contributed by atoms with Crippen molar-refractivity contribution in [1.29, 1.82) is 0 Å². The van der Waals surface area contributed by atoms with Crippen LogP contribution >= 0.6 is 0 Å². The van der Waals surface area contributed by atoms with Crippen LogP contribution in [0.15, 0.2) is 48.7 Å². The van der Waals surface area contributed by atoms with Crippen LogP contribution in [0.3, 0.4) is 0 Å². The summed E-state index contributed by atoms with van der Waals surface area (Å²) in [6, 6.07) is 15.1. The standard InChI is InChI=1S/C21H26N4O/c22-21(26)13-16-14-25(20-7-2-1-6-19(16)20)18-8-11-24(12-9-18)15-17-5-3-4-10-23-17/h1-7,10,16,18H,8-9,11-15H2,(H2,22,26)/t16-/m1/s1. The van der Waals surface area contributed by atoms with E-state index in [-0.39, 0.29) is 11.8 Å². The van der Waals surface area contributed by atoms with E-state index in [0.29, 0.717) is 12.5 Å². The van der Waals surface area contributed by atoms with Crippen LogP contribution in [0.5, 0.6) is 0 Å². The monoisotopic (exact) mass is 350 g/mol. The fourth-order valence-corrected chi connectivity index (χ4v) is 4.40. The minimum atomic E-state index is -0.211. The molecular weight excluding hydrogens is 324 g/mol. The highest BCUT2D eigenvalue weighted by Gasteiger charge is 2.34. The zero-order valence-corrected chi connectivity index (χ0v) is 15.1. The number of primary amides is 1. The van der Waals surface area contributed by atoms with Crippen LogP contribution in [0.4, 0.5) is 5.69 Å². The Balaban J connectivity index is 1.41. The summed E-state index contributed by atoms with van der Waals surface area (Å²) >= 11 is 0. The largest absolute Gasteiger partial charge is 0.370 e. The van der Waals surface area contributed by atoms with Gasteiger partial charge in [0.2, 0.25) is 5.91 Å². The lowest BCUT2D eigenvalue weighted by atomic mass is 9.98. The number of amides is 1. The number of aromatic nitrogens is 1. The van der Waals surface area contributed by atoms with Crippen LogP contribution in [0.1, 0.15) is 36.4 Å². The number of benzene rings is 1. The Morgan fingerprint density at radius 1 is 1.12 bits per heavy atom. The minimum absolute atomic E-state index is 0.211. The van der Waals surface area contributed by atoms with E-state index >= 15 is 0 Å². The molecule has 1 fully saturated rings. The van der Waals surface area contributed by atoms with Gasteiger partial charge in [0.05, 0.1) is 5.69 Å². The second kappa shape index (κ2) is 7.46. The van der Waals surface area contributed by atoms with E-state index in [1.807, 2.05) is 12.3 Å². The Morgan fingerprint density at radius 2 is 1.88 bits per heavy atom. The molecular formula is C21H26N4O. The van der Waals surface area contributed by atoms with Crippen LogP contribution in [-0.4, -0.2) is 41.5 Å². The number of rotatable bonds is 5. The molecule has 1 aromatic carbocycles. The molecule has 0 saturated carbocycles. The summed E-state index contributed by atoms with van der Waals surface area (Å²) in [4.78, 5) is 20.9. The maximum absolute atomic E-state index is 11.5. The number of likely N-dealkylation sites (tertiary alicyclic amines) is 1. The lowest BCUT2D eigenvalue weighted by molar-refractivity contribution is -0.118. The molecule has 1 atom stereocenters. The molecule has 0 spiro atoms. The topological polar surface area (TPSA) is 62.5 Å². The zero-order valence-electron chi connectivity index (χ0n) is 15.1. The Hall–Kier alpha value is -2.40. The molecule has 3 heterocycles. The number of piperidine rings is 1. The van der Waals surface area contributed by atoms with Gasteiger partial charge >= 0.3 is 0 Å². The van der Waals surface area contributed by atoms with Gasteiger partial charge in [-0.2, -0.15) is 0 Å². The predicted octanol–water partition coefficient (Wildman–Crippen LogP) is 2.53. The maximum atomic E-state index is 11.5. The second-order valence-electron chi connectivity index (χ2n) is 7.41. The Morgan fingerprint density at radius 3 is 2.62 bits per heavy atom. The van der Waals surface area contributed by atoms with Crippen molar-refractivity contribution in [3.8, 4) is 0 Å². The second-order valence-corrected chi connectivity index (χ2v) is 7.41. The van der Waals surface area contributed by atoms with E-state index in [2.05, 4.69) is 51.2 Å². The van der Waals surface area contributed by atoms with E-state index in [1.54, 1.807) is 0 Å². The molecule has 0 bridgehead atoms. The fourth-order valence-electron chi connectivity index (χ4n) is 4.40. The molecule has 1 amide bonds. The van der Waals surface area contributed by atoms with Crippen molar-refractivity contribution in [2.24, 2.45) is 5.73 Å². The summed E-state index contributed by atoms with van der Waals surface area (Å²) in [5.74, 6) is 0.0204. The van der Waals surface area contributed by atoms with E-state index in [1.165, 1.54) is 11.3 Å². The molecule has 0 unspecified atom stereocenters. The molecule has 1 aromatic heterocycles. The highest BCUT2D eigenvalue weighted by molar-refractivity contribution is 5.76. The molecule has 26 heavy (non-hydrogen) atoms. The molecule has 2 aromatic rings. The summed E-state index contributed by atoms with van der Waals surface area (Å²) < 4.78 is 0. The minimum Gasteiger partial charge on any atom is -0.370 e. The van der Waals surface area contributed by atoms with Gasteiger partial charge in [-0.25, -0.2) is 0 Å². The van der Waals surface area contributed by atoms with E-state index in [0.717, 1.165) is 44.7 Å². The summed E-state index contributed by atoms with van der Waals surface area (Å²) in [5.41, 5.74) is 9.19. The van der Waals surface area contributed by atoms with Gasteiger partial charge in [-0.15, -0.1) is 0 Å². The van der Waals surface area contributed by atoms with Crippen LogP contribution in [0, 0.1) is 0 Å². The molecule has 4 rings (SSSR count). The summed E-state index contributed by atoms with van der Waals surface area (Å²) in [7, 11) is 0. The molecule has 5 heteroatoms. The van der Waals surface area contributed by atoms with Crippen LogP contribution in [0.25, 0.3) is 0 Å². The maximum Gasteiger partial charge on any atom is 0.218 e. The van der Waals surface area contributed by atoms with Gasteiger partial charge in [0.25, 0.3) is 0 Å². The van der Waals surface area contributed by atoms with Crippen molar-refractivity contribution < 1.29 is 4.79 Å². The quantitative estimate of drug-likeness (QED) is 0.900. The number of hydrogen-bond donors (Lipinski definition) is 1. The highest BCUT2D eigenvalue weighted by Crippen LogP contribution is 2.40. The first-order valence-corrected chi connectivity index (χ1v) is 9.47. The third-order valence-electron chi connectivity index (χ3n) is 5.66.